The van der Waals surface area contributed by atoms with Crippen LogP contribution in [-0.4, -0.2) is 10.2 Å². The molecule has 0 aliphatic carbocycles. The Bertz CT molecular complexity index is 550. The van der Waals surface area contributed by atoms with Crippen LogP contribution in [0.1, 0.15) is 0 Å². The van der Waals surface area contributed by atoms with E-state index in [1.807, 2.05) is 0 Å². The van der Waals surface area contributed by atoms with Crippen LogP contribution in [0.25, 0.3) is 0 Å². The highest BCUT2D eigenvalue weighted by atomic mass is 35.5. The number of ether oxygens (including phenoxy) is 1. The molecular formula is C9H5ClF3N3O. The molecule has 0 atom stereocenters. The predicted octanol–water partition coefficient (Wildman–Crippen LogP) is 2.85. The molecule has 4 nitrogen and oxygen atoms in total. The number of anilines is 1. The summed E-state index contributed by atoms with van der Waals surface area (Å²) in [4.78, 5) is 0. The lowest BCUT2D eigenvalue weighted by atomic mass is 10.3. The van der Waals surface area contributed by atoms with Gasteiger partial charge < -0.3 is 10.5 Å². The smallest absolute Gasteiger partial charge is 0.259 e. The average Bonchev–Trinajstić information content (AvgIpc) is 2.54. The number of nitrogens with two attached hydrogens (primary N) is 1. The van der Waals surface area contributed by atoms with Gasteiger partial charge in [0.05, 0.1) is 0 Å². The Morgan fingerprint density at radius 1 is 1.24 bits per heavy atom. The molecule has 0 bridgehead atoms. The van der Waals surface area contributed by atoms with Crippen molar-refractivity contribution in [2.75, 3.05) is 5.73 Å². The van der Waals surface area contributed by atoms with Crippen molar-refractivity contribution in [3.05, 3.63) is 34.6 Å². The van der Waals surface area contributed by atoms with E-state index in [2.05, 4.69) is 10.2 Å². The summed E-state index contributed by atoms with van der Waals surface area (Å²) in [6, 6.07) is 0.949. The van der Waals surface area contributed by atoms with Crippen molar-refractivity contribution in [1.82, 2.24) is 10.2 Å². The molecule has 1 heterocycles. The molecule has 0 amide bonds. The van der Waals surface area contributed by atoms with Gasteiger partial charge in [-0.05, 0) is 0 Å². The van der Waals surface area contributed by atoms with Crippen molar-refractivity contribution in [3.63, 3.8) is 0 Å². The minimum Gasteiger partial charge on any atom is -0.430 e. The first kappa shape index (κ1) is 11.6. The van der Waals surface area contributed by atoms with Gasteiger partial charge >= 0.3 is 0 Å². The van der Waals surface area contributed by atoms with E-state index in [4.69, 9.17) is 22.1 Å². The molecule has 0 aliphatic heterocycles. The van der Waals surface area contributed by atoms with Gasteiger partial charge in [-0.1, -0.05) is 11.6 Å². The maximum absolute atomic E-state index is 13.2. The van der Waals surface area contributed by atoms with Gasteiger partial charge in [0.25, 0.3) is 5.88 Å². The van der Waals surface area contributed by atoms with Gasteiger partial charge in [0.1, 0.15) is 16.7 Å². The van der Waals surface area contributed by atoms with Crippen molar-refractivity contribution in [2.24, 2.45) is 0 Å². The zero-order valence-corrected chi connectivity index (χ0v) is 8.86. The summed E-state index contributed by atoms with van der Waals surface area (Å²) >= 11 is 5.63. The number of rotatable bonds is 2. The van der Waals surface area contributed by atoms with Gasteiger partial charge in [-0.25, -0.2) is 13.2 Å². The summed E-state index contributed by atoms with van der Waals surface area (Å²) < 4.78 is 43.8. The molecule has 3 N–H and O–H groups in total. The normalized spacial score (nSPS) is 10.6. The van der Waals surface area contributed by atoms with E-state index < -0.39 is 23.2 Å². The van der Waals surface area contributed by atoms with E-state index in [-0.39, 0.29) is 16.7 Å². The third-order valence-electron chi connectivity index (χ3n) is 1.86. The summed E-state index contributed by atoms with van der Waals surface area (Å²) in [7, 11) is 0. The third-order valence-corrected chi connectivity index (χ3v) is 2.23. The number of nitrogen functional groups attached to an aromatic ring is 1. The van der Waals surface area contributed by atoms with E-state index in [1.54, 1.807) is 0 Å². The first-order valence-electron chi connectivity index (χ1n) is 4.30. The second-order valence-corrected chi connectivity index (χ2v) is 3.44. The lowest BCUT2D eigenvalue weighted by molar-refractivity contribution is 0.390. The molecule has 2 rings (SSSR count). The topological polar surface area (TPSA) is 63.9 Å². The fourth-order valence-electron chi connectivity index (χ4n) is 1.12. The third kappa shape index (κ3) is 2.14. The second kappa shape index (κ2) is 4.17. The van der Waals surface area contributed by atoms with Gasteiger partial charge in [-0.15, -0.1) is 5.10 Å². The molecule has 17 heavy (non-hydrogen) atoms. The summed E-state index contributed by atoms with van der Waals surface area (Å²) in [5.74, 6) is -4.58. The van der Waals surface area contributed by atoms with E-state index >= 15 is 0 Å². The first-order valence-corrected chi connectivity index (χ1v) is 4.68. The van der Waals surface area contributed by atoms with Crippen molar-refractivity contribution in [2.45, 2.75) is 0 Å². The first-order chi connectivity index (χ1) is 7.99. The number of nitrogens with one attached hydrogen (secondary N) is 1. The highest BCUT2D eigenvalue weighted by molar-refractivity contribution is 6.34. The maximum Gasteiger partial charge on any atom is 0.259 e. The molecule has 0 radical (unpaired) electrons. The van der Waals surface area contributed by atoms with Crippen LogP contribution in [0.5, 0.6) is 11.6 Å². The number of aromatic nitrogens is 2. The van der Waals surface area contributed by atoms with Gasteiger partial charge in [0.15, 0.2) is 11.6 Å². The molecule has 90 valence electrons. The van der Waals surface area contributed by atoms with Crippen molar-refractivity contribution in [1.29, 1.82) is 0 Å². The summed E-state index contributed by atoms with van der Waals surface area (Å²) in [6.07, 6.45) is 0. The number of H-pyrrole nitrogens is 1. The van der Waals surface area contributed by atoms with Crippen LogP contribution >= 0.6 is 11.6 Å². The van der Waals surface area contributed by atoms with Crippen LogP contribution in [-0.2, 0) is 0 Å². The molecular weight excluding hydrogens is 259 g/mol. The Kier molecular flexibility index (Phi) is 2.84. The lowest BCUT2D eigenvalue weighted by Crippen LogP contribution is -1.95. The van der Waals surface area contributed by atoms with Crippen LogP contribution in [0.15, 0.2) is 12.1 Å². The zero-order valence-electron chi connectivity index (χ0n) is 8.10. The highest BCUT2D eigenvalue weighted by Crippen LogP contribution is 2.33. The minimum absolute atomic E-state index is 0.00963. The van der Waals surface area contributed by atoms with Crippen LogP contribution in [0.2, 0.25) is 5.02 Å². The minimum atomic E-state index is -1.21. The van der Waals surface area contributed by atoms with E-state index in [0.29, 0.717) is 12.1 Å². The number of halogens is 4. The van der Waals surface area contributed by atoms with Crippen LogP contribution < -0.4 is 10.5 Å². The standard InChI is InChI=1S/C9H5ClF3N3O/c10-6-8(14)15-16-9(6)17-7-4(12)1-3(11)2-5(7)13/h1-2H,(H3,14,15,16). The van der Waals surface area contributed by atoms with Crippen molar-refractivity contribution >= 4 is 17.4 Å². The molecule has 1 aromatic carbocycles. The molecule has 0 spiro atoms. The Balaban J connectivity index is 2.40. The molecule has 0 unspecified atom stereocenters. The van der Waals surface area contributed by atoms with Crippen LogP contribution in [0, 0.1) is 17.5 Å². The highest BCUT2D eigenvalue weighted by Gasteiger charge is 2.18. The molecule has 2 aromatic rings. The van der Waals surface area contributed by atoms with Gasteiger partial charge in [-0.3, -0.25) is 5.10 Å². The van der Waals surface area contributed by atoms with Gasteiger partial charge in [0.2, 0.25) is 5.75 Å². The van der Waals surface area contributed by atoms with Crippen LogP contribution in [0.4, 0.5) is 19.0 Å². The molecule has 1 aromatic heterocycles. The number of benzene rings is 1. The summed E-state index contributed by atoms with van der Waals surface area (Å²) in [6.45, 7) is 0. The Morgan fingerprint density at radius 2 is 1.82 bits per heavy atom. The number of nitrogens with zero attached hydrogens (tertiary/aromatic N) is 1. The molecule has 8 heteroatoms. The number of aromatic amines is 1. The zero-order chi connectivity index (χ0) is 12.6. The molecule has 0 saturated carbocycles. The average molecular weight is 264 g/mol. The molecule has 0 saturated heterocycles. The fourth-order valence-corrected chi connectivity index (χ4v) is 1.24. The summed E-state index contributed by atoms with van der Waals surface area (Å²) in [5, 5.41) is 5.63. The number of hydrogen-bond acceptors (Lipinski definition) is 3. The van der Waals surface area contributed by atoms with Crippen molar-refractivity contribution < 1.29 is 17.9 Å². The largest absolute Gasteiger partial charge is 0.430 e. The number of hydrogen-bond donors (Lipinski definition) is 2. The van der Waals surface area contributed by atoms with Gasteiger partial charge in [0, 0.05) is 12.1 Å². The van der Waals surface area contributed by atoms with E-state index in [9.17, 15) is 13.2 Å². The Hall–Kier alpha value is -1.89. The predicted molar refractivity (Wildman–Crippen MR) is 54.4 cm³/mol. The van der Waals surface area contributed by atoms with E-state index in [1.165, 1.54) is 0 Å². The summed E-state index contributed by atoms with van der Waals surface area (Å²) in [5.41, 5.74) is 5.32. The van der Waals surface area contributed by atoms with E-state index in [0.717, 1.165) is 0 Å². The quantitative estimate of drug-likeness (QED) is 0.876. The Morgan fingerprint density at radius 3 is 2.29 bits per heavy atom. The Labute approximate surface area is 98.1 Å². The SMILES string of the molecule is Nc1[nH]nc(Oc2c(F)cc(F)cc2F)c1Cl. The fraction of sp³-hybridized carbons (Fsp3) is 0. The molecule has 0 fully saturated rings. The van der Waals surface area contributed by atoms with Crippen molar-refractivity contribution in [3.8, 4) is 11.6 Å². The lowest BCUT2D eigenvalue weighted by Gasteiger charge is -2.05. The maximum atomic E-state index is 13.2. The second-order valence-electron chi connectivity index (χ2n) is 3.06. The monoisotopic (exact) mass is 263 g/mol. The molecule has 0 aliphatic rings. The van der Waals surface area contributed by atoms with Crippen LogP contribution in [0.3, 0.4) is 0 Å². The van der Waals surface area contributed by atoms with Gasteiger partial charge in [-0.2, -0.15) is 0 Å².